The van der Waals surface area contributed by atoms with Crippen molar-refractivity contribution in [2.45, 2.75) is 12.2 Å². The van der Waals surface area contributed by atoms with Crippen LogP contribution in [-0.2, 0) is 6.18 Å². The van der Waals surface area contributed by atoms with Crippen LogP contribution < -0.4 is 5.73 Å². The first-order valence-electron chi connectivity index (χ1n) is 4.04. The average Bonchev–Trinajstić information content (AvgIpc) is 2.14. The van der Waals surface area contributed by atoms with Gasteiger partial charge < -0.3 is 5.73 Å². The van der Waals surface area contributed by atoms with Crippen molar-refractivity contribution < 1.29 is 22.0 Å². The minimum absolute atomic E-state index is 0.204. The van der Waals surface area contributed by atoms with Crippen LogP contribution >= 0.6 is 0 Å². The topological polar surface area (TPSA) is 26.0 Å². The highest BCUT2D eigenvalue weighted by molar-refractivity contribution is 5.28. The molecule has 6 heteroatoms. The summed E-state index contributed by atoms with van der Waals surface area (Å²) in [6.45, 7) is -1.04. The predicted octanol–water partition coefficient (Wildman–Crippen LogP) is 2.81. The van der Waals surface area contributed by atoms with Gasteiger partial charge in [0.1, 0.15) is 12.5 Å². The van der Waals surface area contributed by atoms with Crippen LogP contribution in [0, 0.1) is 5.82 Å². The fraction of sp³-hybridized carbons (Fsp3) is 0.333. The maximum Gasteiger partial charge on any atom is 0.416 e. The first-order chi connectivity index (χ1) is 6.84. The van der Waals surface area contributed by atoms with Gasteiger partial charge in [-0.1, -0.05) is 0 Å². The molecule has 0 radical (unpaired) electrons. The minimum Gasteiger partial charge on any atom is -0.322 e. The van der Waals surface area contributed by atoms with Gasteiger partial charge in [-0.15, -0.1) is 0 Å². The highest BCUT2D eigenvalue weighted by Gasteiger charge is 2.31. The maximum atomic E-state index is 12.8. The fourth-order valence-corrected chi connectivity index (χ4v) is 1.08. The third-order valence-electron chi connectivity index (χ3n) is 1.84. The number of benzene rings is 1. The zero-order valence-corrected chi connectivity index (χ0v) is 7.48. The van der Waals surface area contributed by atoms with Crippen LogP contribution in [0.25, 0.3) is 0 Å². The largest absolute Gasteiger partial charge is 0.416 e. The molecule has 0 saturated carbocycles. The molecule has 0 spiro atoms. The zero-order valence-electron chi connectivity index (χ0n) is 7.48. The van der Waals surface area contributed by atoms with Gasteiger partial charge in [0.05, 0.1) is 11.6 Å². The summed E-state index contributed by atoms with van der Waals surface area (Å²) in [5.41, 5.74) is 3.80. The normalized spacial score (nSPS) is 14.0. The Kier molecular flexibility index (Phi) is 3.28. The van der Waals surface area contributed by atoms with Gasteiger partial charge in [0, 0.05) is 0 Å². The third-order valence-corrected chi connectivity index (χ3v) is 1.84. The molecule has 1 nitrogen and oxygen atoms in total. The van der Waals surface area contributed by atoms with Crippen molar-refractivity contribution in [2.75, 3.05) is 6.67 Å². The van der Waals surface area contributed by atoms with E-state index >= 15 is 0 Å². The lowest BCUT2D eigenvalue weighted by Crippen LogP contribution is -2.14. The maximum absolute atomic E-state index is 12.8. The highest BCUT2D eigenvalue weighted by atomic mass is 19.4. The Morgan fingerprint density at radius 2 is 1.80 bits per heavy atom. The van der Waals surface area contributed by atoms with Crippen LogP contribution in [-0.4, -0.2) is 6.67 Å². The number of halogens is 5. The molecule has 0 amide bonds. The molecular weight excluding hydrogens is 217 g/mol. The van der Waals surface area contributed by atoms with E-state index in [1.165, 1.54) is 0 Å². The summed E-state index contributed by atoms with van der Waals surface area (Å²) in [6, 6.07) is 0.545. The first kappa shape index (κ1) is 11.9. The van der Waals surface area contributed by atoms with Gasteiger partial charge in [-0.25, -0.2) is 8.78 Å². The van der Waals surface area contributed by atoms with Gasteiger partial charge in [-0.05, 0) is 23.8 Å². The highest BCUT2D eigenvalue weighted by Crippen LogP contribution is 2.31. The smallest absolute Gasteiger partial charge is 0.322 e. The molecule has 0 saturated heterocycles. The molecule has 0 unspecified atom stereocenters. The van der Waals surface area contributed by atoms with E-state index in [9.17, 15) is 22.0 Å². The van der Waals surface area contributed by atoms with Crippen molar-refractivity contribution in [3.8, 4) is 0 Å². The van der Waals surface area contributed by atoms with Crippen molar-refractivity contribution in [2.24, 2.45) is 5.73 Å². The van der Waals surface area contributed by atoms with E-state index in [1.54, 1.807) is 0 Å². The Balaban J connectivity index is 3.17. The van der Waals surface area contributed by atoms with Gasteiger partial charge >= 0.3 is 6.18 Å². The number of nitrogens with two attached hydrogens (primary N) is 1. The summed E-state index contributed by atoms with van der Waals surface area (Å²) >= 11 is 0. The summed E-state index contributed by atoms with van der Waals surface area (Å²) in [5, 5.41) is 0. The van der Waals surface area contributed by atoms with E-state index < -0.39 is 30.3 Å². The molecule has 1 aromatic carbocycles. The summed E-state index contributed by atoms with van der Waals surface area (Å²) in [4.78, 5) is 0. The van der Waals surface area contributed by atoms with Crippen LogP contribution in [0.15, 0.2) is 18.2 Å². The van der Waals surface area contributed by atoms with Gasteiger partial charge in [-0.2, -0.15) is 13.2 Å². The van der Waals surface area contributed by atoms with Crippen molar-refractivity contribution in [1.82, 2.24) is 0 Å². The number of alkyl halides is 4. The lowest BCUT2D eigenvalue weighted by atomic mass is 10.0. The number of rotatable bonds is 2. The van der Waals surface area contributed by atoms with Crippen molar-refractivity contribution in [3.63, 3.8) is 0 Å². The molecule has 0 heterocycles. The van der Waals surface area contributed by atoms with E-state index in [4.69, 9.17) is 5.73 Å². The summed E-state index contributed by atoms with van der Waals surface area (Å²) < 4.78 is 61.5. The van der Waals surface area contributed by atoms with E-state index in [2.05, 4.69) is 0 Å². The van der Waals surface area contributed by atoms with Gasteiger partial charge in [0.2, 0.25) is 0 Å². The minimum atomic E-state index is -4.66. The van der Waals surface area contributed by atoms with Crippen molar-refractivity contribution in [1.29, 1.82) is 0 Å². The zero-order chi connectivity index (χ0) is 11.6. The molecule has 84 valence electrons. The second-order valence-corrected chi connectivity index (χ2v) is 3.03. The van der Waals surface area contributed by atoms with E-state index in [0.717, 1.165) is 6.07 Å². The van der Waals surface area contributed by atoms with Crippen molar-refractivity contribution >= 4 is 0 Å². The Labute approximate surface area is 82.7 Å². The lowest BCUT2D eigenvalue weighted by Gasteiger charge is -2.12. The van der Waals surface area contributed by atoms with Crippen LogP contribution in [0.3, 0.4) is 0 Å². The molecule has 2 N–H and O–H groups in total. The third kappa shape index (κ3) is 2.89. The number of hydrogen-bond acceptors (Lipinski definition) is 1. The van der Waals surface area contributed by atoms with E-state index in [1.807, 2.05) is 0 Å². The monoisotopic (exact) mass is 225 g/mol. The van der Waals surface area contributed by atoms with Crippen LogP contribution in [0.4, 0.5) is 22.0 Å². The second-order valence-electron chi connectivity index (χ2n) is 3.03. The predicted molar refractivity (Wildman–Crippen MR) is 44.3 cm³/mol. The summed E-state index contributed by atoms with van der Waals surface area (Å²) in [5.74, 6) is -1.08. The molecule has 0 aliphatic heterocycles. The molecule has 15 heavy (non-hydrogen) atoms. The molecule has 0 aliphatic carbocycles. The van der Waals surface area contributed by atoms with Gasteiger partial charge in [-0.3, -0.25) is 0 Å². The SMILES string of the molecule is N[C@H](CF)c1cc(F)cc(C(F)(F)F)c1. The van der Waals surface area contributed by atoms with Gasteiger partial charge in [0.25, 0.3) is 0 Å². The Morgan fingerprint density at radius 3 is 2.27 bits per heavy atom. The van der Waals surface area contributed by atoms with Crippen molar-refractivity contribution in [3.05, 3.63) is 35.1 Å². The lowest BCUT2D eigenvalue weighted by molar-refractivity contribution is -0.137. The molecule has 1 rings (SSSR count). The Bertz CT molecular complexity index is 347. The van der Waals surface area contributed by atoms with Crippen LogP contribution in [0.5, 0.6) is 0 Å². The first-order valence-corrected chi connectivity index (χ1v) is 4.04. The summed E-state index contributed by atoms with van der Waals surface area (Å²) in [6.07, 6.45) is -4.66. The van der Waals surface area contributed by atoms with E-state index in [-0.39, 0.29) is 5.56 Å². The van der Waals surface area contributed by atoms with Gasteiger partial charge in [0.15, 0.2) is 0 Å². The molecule has 1 atom stereocenters. The average molecular weight is 225 g/mol. The molecule has 1 aromatic rings. The Hall–Kier alpha value is -1.17. The number of hydrogen-bond donors (Lipinski definition) is 1. The molecule has 0 aliphatic rings. The molecular formula is C9H8F5N. The molecule has 0 fully saturated rings. The van der Waals surface area contributed by atoms with Crippen LogP contribution in [0.2, 0.25) is 0 Å². The standard InChI is InChI=1S/C9H8F5N/c10-4-8(15)5-1-6(9(12,13)14)3-7(11)2-5/h1-3,8H,4,15H2/t8-/m1/s1. The quantitative estimate of drug-likeness (QED) is 0.769. The second kappa shape index (κ2) is 4.14. The summed E-state index contributed by atoms with van der Waals surface area (Å²) in [7, 11) is 0. The molecule has 0 bridgehead atoms. The fourth-order valence-electron chi connectivity index (χ4n) is 1.08. The van der Waals surface area contributed by atoms with E-state index in [0.29, 0.717) is 12.1 Å². The van der Waals surface area contributed by atoms with Crippen LogP contribution in [0.1, 0.15) is 17.2 Å². The Morgan fingerprint density at radius 1 is 1.20 bits per heavy atom. The molecule has 0 aromatic heterocycles.